The summed E-state index contributed by atoms with van der Waals surface area (Å²) < 4.78 is 0. The molecule has 0 aromatic carbocycles. The lowest BCUT2D eigenvalue weighted by Gasteiger charge is -2.26. The van der Waals surface area contributed by atoms with Crippen molar-refractivity contribution in [2.75, 3.05) is 36.8 Å². The van der Waals surface area contributed by atoms with Gasteiger partial charge in [-0.25, -0.2) is 4.98 Å². The topological polar surface area (TPSA) is 45.4 Å². The Morgan fingerprint density at radius 1 is 1.39 bits per heavy atom. The minimum atomic E-state index is 0.640. The molecule has 100 valence electrons. The molecule has 0 amide bonds. The van der Waals surface area contributed by atoms with Gasteiger partial charge in [0.05, 0.1) is 5.69 Å². The van der Waals surface area contributed by atoms with Crippen LogP contribution in [0.25, 0.3) is 0 Å². The third-order valence-electron chi connectivity index (χ3n) is 3.84. The number of nitrogen functional groups attached to an aromatic ring is 1. The minimum Gasteiger partial charge on any atom is -0.396 e. The van der Waals surface area contributed by atoms with E-state index in [1.807, 2.05) is 19.1 Å². The van der Waals surface area contributed by atoms with Crippen molar-refractivity contribution in [2.45, 2.75) is 33.2 Å². The number of anilines is 2. The molecule has 0 spiro atoms. The second-order valence-corrected chi connectivity index (χ2v) is 4.98. The largest absolute Gasteiger partial charge is 0.396 e. The third-order valence-corrected chi connectivity index (χ3v) is 3.84. The lowest BCUT2D eigenvalue weighted by Crippen LogP contribution is -2.37. The molecule has 0 saturated carbocycles. The Morgan fingerprint density at radius 2 is 2.11 bits per heavy atom. The van der Waals surface area contributed by atoms with Crippen LogP contribution in [-0.2, 0) is 0 Å². The van der Waals surface area contributed by atoms with Crippen LogP contribution >= 0.6 is 0 Å². The van der Waals surface area contributed by atoms with E-state index in [2.05, 4.69) is 28.6 Å². The second kappa shape index (κ2) is 5.57. The molecule has 4 nitrogen and oxygen atoms in total. The molecule has 1 fully saturated rings. The number of aromatic nitrogens is 1. The van der Waals surface area contributed by atoms with E-state index in [0.717, 1.165) is 43.4 Å². The van der Waals surface area contributed by atoms with Gasteiger partial charge in [0.2, 0.25) is 0 Å². The predicted octanol–water partition coefficient (Wildman–Crippen LogP) is 1.89. The Morgan fingerprint density at radius 3 is 2.78 bits per heavy atom. The van der Waals surface area contributed by atoms with E-state index >= 15 is 0 Å². The molecule has 1 saturated heterocycles. The van der Waals surface area contributed by atoms with Crippen molar-refractivity contribution in [1.82, 2.24) is 9.88 Å². The van der Waals surface area contributed by atoms with Gasteiger partial charge in [-0.3, -0.25) is 4.90 Å². The third kappa shape index (κ3) is 2.58. The first-order chi connectivity index (χ1) is 8.65. The molecule has 1 aliphatic rings. The summed E-state index contributed by atoms with van der Waals surface area (Å²) in [5.74, 6) is 0.963. The van der Waals surface area contributed by atoms with Crippen LogP contribution in [0.4, 0.5) is 11.5 Å². The molecule has 0 aliphatic carbocycles. The molecule has 2 heterocycles. The van der Waals surface area contributed by atoms with Crippen molar-refractivity contribution in [3.63, 3.8) is 0 Å². The quantitative estimate of drug-likeness (QED) is 0.884. The number of nitrogens with zero attached hydrogens (tertiary/aromatic N) is 3. The summed E-state index contributed by atoms with van der Waals surface area (Å²) in [7, 11) is 0. The molecule has 2 N–H and O–H groups in total. The number of likely N-dealkylation sites (N-methyl/N-ethyl adjacent to an activating group) is 1. The first-order valence-electron chi connectivity index (χ1n) is 6.87. The van der Waals surface area contributed by atoms with Crippen molar-refractivity contribution >= 4 is 11.5 Å². The van der Waals surface area contributed by atoms with Gasteiger partial charge in [-0.1, -0.05) is 13.8 Å². The number of nitrogens with two attached hydrogens (primary N) is 1. The molecule has 4 heteroatoms. The van der Waals surface area contributed by atoms with Gasteiger partial charge in [-0.05, 0) is 38.6 Å². The van der Waals surface area contributed by atoms with Gasteiger partial charge in [-0.15, -0.1) is 0 Å². The smallest absolute Gasteiger partial charge is 0.152 e. The Balaban J connectivity index is 2.10. The van der Waals surface area contributed by atoms with Gasteiger partial charge in [0, 0.05) is 24.8 Å². The molecular weight excluding hydrogens is 224 g/mol. The summed E-state index contributed by atoms with van der Waals surface area (Å²) in [6, 6.07) is 4.57. The minimum absolute atomic E-state index is 0.640. The summed E-state index contributed by atoms with van der Waals surface area (Å²) >= 11 is 0. The molecule has 0 radical (unpaired) electrons. The Bertz CT molecular complexity index is 401. The molecule has 1 aromatic rings. The number of hydrogen-bond acceptors (Lipinski definition) is 4. The molecule has 2 rings (SSSR count). The van der Waals surface area contributed by atoms with E-state index in [4.69, 9.17) is 5.73 Å². The van der Waals surface area contributed by atoms with Crippen LogP contribution in [0, 0.1) is 6.92 Å². The van der Waals surface area contributed by atoms with E-state index in [9.17, 15) is 0 Å². The predicted molar refractivity (Wildman–Crippen MR) is 76.9 cm³/mol. The summed E-state index contributed by atoms with van der Waals surface area (Å²) in [6.45, 7) is 10.8. The molecule has 1 aliphatic heterocycles. The Kier molecular flexibility index (Phi) is 4.07. The van der Waals surface area contributed by atoms with E-state index in [0.29, 0.717) is 6.04 Å². The summed E-state index contributed by atoms with van der Waals surface area (Å²) in [5.41, 5.74) is 7.86. The average Bonchev–Trinajstić information content (AvgIpc) is 2.83. The first kappa shape index (κ1) is 13.1. The van der Waals surface area contributed by atoms with Gasteiger partial charge in [0.15, 0.2) is 5.82 Å². The van der Waals surface area contributed by atoms with Crippen molar-refractivity contribution in [3.05, 3.63) is 17.8 Å². The zero-order valence-corrected chi connectivity index (χ0v) is 11.7. The van der Waals surface area contributed by atoms with Crippen molar-refractivity contribution in [1.29, 1.82) is 0 Å². The lowest BCUT2D eigenvalue weighted by molar-refractivity contribution is 0.232. The summed E-state index contributed by atoms with van der Waals surface area (Å²) in [5, 5.41) is 0. The Labute approximate surface area is 110 Å². The zero-order valence-electron chi connectivity index (χ0n) is 11.7. The number of rotatable bonds is 4. The Hall–Kier alpha value is -1.29. The van der Waals surface area contributed by atoms with Gasteiger partial charge in [0.1, 0.15) is 0 Å². The standard InChI is InChI=1S/C14H24N4/c1-4-17(5-2)12-8-9-18(10-12)14-13(15)7-6-11(3)16-14/h6-7,12H,4-5,8-10,15H2,1-3H3. The molecule has 1 atom stereocenters. The second-order valence-electron chi connectivity index (χ2n) is 4.98. The van der Waals surface area contributed by atoms with Crippen LogP contribution in [0.5, 0.6) is 0 Å². The fourth-order valence-corrected chi connectivity index (χ4v) is 2.78. The molecule has 1 aromatic heterocycles. The van der Waals surface area contributed by atoms with E-state index in [-0.39, 0.29) is 0 Å². The lowest BCUT2D eigenvalue weighted by atomic mass is 10.2. The van der Waals surface area contributed by atoms with E-state index in [1.165, 1.54) is 6.42 Å². The van der Waals surface area contributed by atoms with Gasteiger partial charge in [0.25, 0.3) is 0 Å². The first-order valence-corrected chi connectivity index (χ1v) is 6.87. The number of aryl methyl sites for hydroxylation is 1. The zero-order chi connectivity index (χ0) is 13.1. The summed E-state index contributed by atoms with van der Waals surface area (Å²) in [4.78, 5) is 9.43. The number of pyridine rings is 1. The highest BCUT2D eigenvalue weighted by Crippen LogP contribution is 2.26. The highest BCUT2D eigenvalue weighted by molar-refractivity contribution is 5.63. The SMILES string of the molecule is CCN(CC)C1CCN(c2nc(C)ccc2N)C1. The molecule has 0 bridgehead atoms. The maximum Gasteiger partial charge on any atom is 0.152 e. The maximum atomic E-state index is 6.04. The summed E-state index contributed by atoms with van der Waals surface area (Å²) in [6.07, 6.45) is 1.21. The van der Waals surface area contributed by atoms with Gasteiger partial charge in [-0.2, -0.15) is 0 Å². The van der Waals surface area contributed by atoms with Crippen molar-refractivity contribution in [3.8, 4) is 0 Å². The van der Waals surface area contributed by atoms with Crippen LogP contribution in [0.3, 0.4) is 0 Å². The fraction of sp³-hybridized carbons (Fsp3) is 0.643. The number of hydrogen-bond donors (Lipinski definition) is 1. The molecule has 1 unspecified atom stereocenters. The van der Waals surface area contributed by atoms with Crippen LogP contribution in [0.2, 0.25) is 0 Å². The molecule has 18 heavy (non-hydrogen) atoms. The molecular formula is C14H24N4. The van der Waals surface area contributed by atoms with Gasteiger partial charge >= 0.3 is 0 Å². The maximum absolute atomic E-state index is 6.04. The van der Waals surface area contributed by atoms with E-state index < -0.39 is 0 Å². The monoisotopic (exact) mass is 248 g/mol. The van der Waals surface area contributed by atoms with Crippen molar-refractivity contribution in [2.24, 2.45) is 0 Å². The van der Waals surface area contributed by atoms with Crippen LogP contribution in [0.1, 0.15) is 26.0 Å². The van der Waals surface area contributed by atoms with Crippen LogP contribution in [0.15, 0.2) is 12.1 Å². The van der Waals surface area contributed by atoms with E-state index in [1.54, 1.807) is 0 Å². The normalized spacial score (nSPS) is 19.8. The highest BCUT2D eigenvalue weighted by Gasteiger charge is 2.27. The van der Waals surface area contributed by atoms with Crippen LogP contribution in [-0.4, -0.2) is 42.1 Å². The van der Waals surface area contributed by atoms with Crippen molar-refractivity contribution < 1.29 is 0 Å². The highest BCUT2D eigenvalue weighted by atomic mass is 15.3. The van der Waals surface area contributed by atoms with Crippen LogP contribution < -0.4 is 10.6 Å². The fourth-order valence-electron chi connectivity index (χ4n) is 2.78. The average molecular weight is 248 g/mol. The van der Waals surface area contributed by atoms with Gasteiger partial charge < -0.3 is 10.6 Å².